The van der Waals surface area contributed by atoms with E-state index < -0.39 is 4.92 Å². The summed E-state index contributed by atoms with van der Waals surface area (Å²) in [5.41, 5.74) is 5.48. The van der Waals surface area contributed by atoms with Crippen molar-refractivity contribution in [2.24, 2.45) is 5.92 Å². The van der Waals surface area contributed by atoms with Crippen molar-refractivity contribution in [1.82, 2.24) is 5.32 Å². The number of hydrogen-bond donors (Lipinski definition) is 2. The van der Waals surface area contributed by atoms with Gasteiger partial charge in [-0.3, -0.25) is 14.9 Å². The summed E-state index contributed by atoms with van der Waals surface area (Å²) in [5.74, 6) is 0.255. The molecule has 1 aliphatic rings. The van der Waals surface area contributed by atoms with Gasteiger partial charge in [-0.05, 0) is 44.7 Å². The van der Waals surface area contributed by atoms with Gasteiger partial charge >= 0.3 is 0 Å². The van der Waals surface area contributed by atoms with Crippen LogP contribution < -0.4 is 11.1 Å². The number of carbonyl (C=O) groups is 1. The molecule has 0 spiro atoms. The molecule has 0 aliphatic heterocycles. The monoisotopic (exact) mass is 263 g/mol. The van der Waals surface area contributed by atoms with E-state index in [4.69, 9.17) is 5.73 Å². The van der Waals surface area contributed by atoms with Gasteiger partial charge in [0, 0.05) is 17.2 Å². The summed E-state index contributed by atoms with van der Waals surface area (Å²) in [6.45, 7) is 3.97. The van der Waals surface area contributed by atoms with E-state index >= 15 is 0 Å². The van der Waals surface area contributed by atoms with Crippen LogP contribution >= 0.6 is 0 Å². The van der Waals surface area contributed by atoms with E-state index in [-0.39, 0.29) is 22.8 Å². The van der Waals surface area contributed by atoms with Crippen LogP contribution in [0.15, 0.2) is 18.2 Å². The molecule has 6 heteroatoms. The third-order valence-electron chi connectivity index (χ3n) is 3.52. The Bertz CT molecular complexity index is 536. The molecule has 0 bridgehead atoms. The highest BCUT2D eigenvalue weighted by atomic mass is 16.6. The molecule has 0 unspecified atom stereocenters. The first kappa shape index (κ1) is 13.3. The molecular formula is C13H17N3O3. The van der Waals surface area contributed by atoms with Crippen LogP contribution in [-0.2, 0) is 0 Å². The minimum Gasteiger partial charge on any atom is -0.393 e. The summed E-state index contributed by atoms with van der Waals surface area (Å²) in [5, 5.41) is 13.6. The zero-order valence-corrected chi connectivity index (χ0v) is 11.0. The Hall–Kier alpha value is -2.11. The van der Waals surface area contributed by atoms with Gasteiger partial charge in [-0.15, -0.1) is 0 Å². The van der Waals surface area contributed by atoms with Crippen molar-refractivity contribution in [2.45, 2.75) is 32.2 Å². The minimum atomic E-state index is -0.564. The molecule has 3 N–H and O–H groups in total. The van der Waals surface area contributed by atoms with Crippen molar-refractivity contribution in [3.8, 4) is 0 Å². The molecule has 0 radical (unpaired) electrons. The second-order valence-electron chi connectivity index (χ2n) is 5.48. The normalized spacial score (nSPS) is 15.1. The Morgan fingerprint density at radius 1 is 1.47 bits per heavy atom. The predicted molar refractivity (Wildman–Crippen MR) is 71.8 cm³/mol. The highest BCUT2D eigenvalue weighted by Gasteiger charge is 2.38. The number of amides is 1. The number of nitro groups is 1. The highest BCUT2D eigenvalue weighted by Crippen LogP contribution is 2.39. The first-order chi connectivity index (χ1) is 8.81. The lowest BCUT2D eigenvalue weighted by atomic mass is 9.98. The molecule has 1 aromatic carbocycles. The van der Waals surface area contributed by atoms with Crippen LogP contribution in [-0.4, -0.2) is 16.4 Å². The molecule has 102 valence electrons. The van der Waals surface area contributed by atoms with Crippen molar-refractivity contribution >= 4 is 17.3 Å². The van der Waals surface area contributed by atoms with E-state index in [9.17, 15) is 14.9 Å². The number of rotatable bonds is 4. The number of nitrogen functional groups attached to an aromatic ring is 1. The Balaban J connectivity index is 2.15. The van der Waals surface area contributed by atoms with Crippen LogP contribution in [0.4, 0.5) is 11.4 Å². The maximum absolute atomic E-state index is 12.1. The fourth-order valence-electron chi connectivity index (χ4n) is 2.13. The van der Waals surface area contributed by atoms with Gasteiger partial charge in [0.25, 0.3) is 11.6 Å². The molecule has 1 amide bonds. The average Bonchev–Trinajstić information content (AvgIpc) is 3.11. The third-order valence-corrected chi connectivity index (χ3v) is 3.52. The Kier molecular flexibility index (Phi) is 3.18. The lowest BCUT2D eigenvalue weighted by molar-refractivity contribution is -0.383. The van der Waals surface area contributed by atoms with E-state index in [1.165, 1.54) is 18.2 Å². The van der Waals surface area contributed by atoms with Crippen molar-refractivity contribution in [1.29, 1.82) is 0 Å². The molecule has 0 heterocycles. The molecule has 1 fully saturated rings. The fraction of sp³-hybridized carbons (Fsp3) is 0.462. The van der Waals surface area contributed by atoms with Crippen LogP contribution in [0.5, 0.6) is 0 Å². The van der Waals surface area contributed by atoms with Gasteiger partial charge in [0.05, 0.1) is 4.92 Å². The lowest BCUT2D eigenvalue weighted by Crippen LogP contribution is -2.45. The van der Waals surface area contributed by atoms with Crippen molar-refractivity contribution < 1.29 is 9.72 Å². The SMILES string of the molecule is CC(C)(NC(=O)c1ccc([N+](=O)[O-])c(N)c1)C1CC1. The first-order valence-corrected chi connectivity index (χ1v) is 6.17. The zero-order valence-electron chi connectivity index (χ0n) is 11.0. The molecule has 1 aromatic rings. The van der Waals surface area contributed by atoms with E-state index in [1.54, 1.807) is 0 Å². The van der Waals surface area contributed by atoms with Gasteiger partial charge < -0.3 is 11.1 Å². The summed E-state index contributed by atoms with van der Waals surface area (Å²) in [6.07, 6.45) is 2.24. The molecule has 0 aromatic heterocycles. The second kappa shape index (κ2) is 4.53. The standard InChI is InChI=1S/C13H17N3O3/c1-13(2,9-4-5-9)15-12(17)8-3-6-11(16(18)19)10(14)7-8/h3,6-7,9H,4-5,14H2,1-2H3,(H,15,17). The predicted octanol–water partition coefficient (Wildman–Crippen LogP) is 2.10. The zero-order chi connectivity index (χ0) is 14.2. The maximum Gasteiger partial charge on any atom is 0.292 e. The van der Waals surface area contributed by atoms with Crippen LogP contribution in [0.25, 0.3) is 0 Å². The quantitative estimate of drug-likeness (QED) is 0.493. The number of nitrogens with zero attached hydrogens (tertiary/aromatic N) is 1. The average molecular weight is 263 g/mol. The topological polar surface area (TPSA) is 98.3 Å². The lowest BCUT2D eigenvalue weighted by Gasteiger charge is -2.26. The smallest absolute Gasteiger partial charge is 0.292 e. The maximum atomic E-state index is 12.1. The number of nitrogens with two attached hydrogens (primary N) is 1. The Morgan fingerprint density at radius 2 is 2.11 bits per heavy atom. The molecule has 2 rings (SSSR count). The number of carbonyl (C=O) groups excluding carboxylic acids is 1. The number of nitro benzene ring substituents is 1. The van der Waals surface area contributed by atoms with Gasteiger partial charge in [0.1, 0.15) is 5.69 Å². The fourth-order valence-corrected chi connectivity index (χ4v) is 2.13. The first-order valence-electron chi connectivity index (χ1n) is 6.17. The number of anilines is 1. The molecule has 19 heavy (non-hydrogen) atoms. The largest absolute Gasteiger partial charge is 0.393 e. The second-order valence-corrected chi connectivity index (χ2v) is 5.48. The van der Waals surface area contributed by atoms with E-state index in [2.05, 4.69) is 5.32 Å². The van der Waals surface area contributed by atoms with Crippen LogP contribution in [0, 0.1) is 16.0 Å². The van der Waals surface area contributed by atoms with Gasteiger partial charge in [-0.2, -0.15) is 0 Å². The summed E-state index contributed by atoms with van der Waals surface area (Å²) in [4.78, 5) is 22.2. The Morgan fingerprint density at radius 3 is 2.58 bits per heavy atom. The van der Waals surface area contributed by atoms with Crippen molar-refractivity contribution in [3.05, 3.63) is 33.9 Å². The molecule has 1 aliphatic carbocycles. The van der Waals surface area contributed by atoms with Gasteiger partial charge in [0.2, 0.25) is 0 Å². The number of nitrogens with one attached hydrogen (secondary N) is 1. The van der Waals surface area contributed by atoms with Gasteiger partial charge in [-0.1, -0.05) is 0 Å². The molecule has 1 saturated carbocycles. The highest BCUT2D eigenvalue weighted by molar-refractivity contribution is 5.96. The summed E-state index contributed by atoms with van der Waals surface area (Å²) >= 11 is 0. The molecule has 0 saturated heterocycles. The summed E-state index contributed by atoms with van der Waals surface area (Å²) in [6, 6.07) is 4.03. The third kappa shape index (κ3) is 2.83. The van der Waals surface area contributed by atoms with E-state index in [0.717, 1.165) is 12.8 Å². The van der Waals surface area contributed by atoms with Crippen LogP contribution in [0.2, 0.25) is 0 Å². The van der Waals surface area contributed by atoms with E-state index in [1.807, 2.05) is 13.8 Å². The molecule has 0 atom stereocenters. The van der Waals surface area contributed by atoms with Crippen LogP contribution in [0.1, 0.15) is 37.0 Å². The number of benzene rings is 1. The molecular weight excluding hydrogens is 246 g/mol. The van der Waals surface area contributed by atoms with E-state index in [0.29, 0.717) is 11.5 Å². The Labute approximate surface area is 111 Å². The molecule has 6 nitrogen and oxygen atoms in total. The number of hydrogen-bond acceptors (Lipinski definition) is 4. The summed E-state index contributed by atoms with van der Waals surface area (Å²) < 4.78 is 0. The van der Waals surface area contributed by atoms with Gasteiger partial charge in [0.15, 0.2) is 0 Å². The van der Waals surface area contributed by atoms with Crippen molar-refractivity contribution in [3.63, 3.8) is 0 Å². The van der Waals surface area contributed by atoms with Crippen molar-refractivity contribution in [2.75, 3.05) is 5.73 Å². The van der Waals surface area contributed by atoms with Gasteiger partial charge in [-0.25, -0.2) is 0 Å². The van der Waals surface area contributed by atoms with Crippen LogP contribution in [0.3, 0.4) is 0 Å². The minimum absolute atomic E-state index is 0.00174. The summed E-state index contributed by atoms with van der Waals surface area (Å²) in [7, 11) is 0.